The Kier molecular flexibility index (Phi) is 3.93. The number of nitrogens with two attached hydrogens (primary N) is 1. The molecule has 3 N–H and O–H groups in total. The van der Waals surface area contributed by atoms with Crippen LogP contribution in [0.4, 0.5) is 5.13 Å². The van der Waals surface area contributed by atoms with Crippen LogP contribution in [-0.2, 0) is 9.68 Å². The van der Waals surface area contributed by atoms with Crippen molar-refractivity contribution in [1.29, 1.82) is 0 Å². The summed E-state index contributed by atoms with van der Waals surface area (Å²) in [6.07, 6.45) is 0. The van der Waals surface area contributed by atoms with Crippen molar-refractivity contribution in [3.63, 3.8) is 0 Å². The van der Waals surface area contributed by atoms with Crippen LogP contribution in [0.15, 0.2) is 10.5 Å². The highest BCUT2D eigenvalue weighted by molar-refractivity contribution is 7.13. The van der Waals surface area contributed by atoms with Gasteiger partial charge in [-0.1, -0.05) is 0 Å². The highest BCUT2D eigenvalue weighted by Crippen LogP contribution is 2.15. The van der Waals surface area contributed by atoms with E-state index in [0.29, 0.717) is 16.5 Å². The Bertz CT molecular complexity index is 356. The van der Waals surface area contributed by atoms with Crippen LogP contribution in [0.25, 0.3) is 5.70 Å². The summed E-state index contributed by atoms with van der Waals surface area (Å²) in [4.78, 5) is 13.2. The highest BCUT2D eigenvalue weighted by atomic mass is 32.1. The van der Waals surface area contributed by atoms with E-state index in [1.165, 1.54) is 25.6 Å². The van der Waals surface area contributed by atoms with Crippen molar-refractivity contribution in [2.24, 2.45) is 5.16 Å². The van der Waals surface area contributed by atoms with Gasteiger partial charge in [0.25, 0.3) is 0 Å². The van der Waals surface area contributed by atoms with E-state index in [2.05, 4.69) is 26.3 Å². The molecule has 0 saturated carbocycles. The number of nitrogens with zero attached hydrogens (tertiary/aromatic N) is 2. The molecule has 0 aromatic carbocycles. The van der Waals surface area contributed by atoms with Gasteiger partial charge in [-0.3, -0.25) is 10.3 Å². The molecule has 1 aromatic heterocycles. The molecular formula is C7H10N4O2S. The molecule has 0 aliphatic carbocycles. The third-order valence-corrected chi connectivity index (χ3v) is 1.90. The number of hydrogen-bond acceptors (Lipinski definition) is 7. The lowest BCUT2D eigenvalue weighted by Crippen LogP contribution is -2.11. The molecule has 0 aliphatic heterocycles. The van der Waals surface area contributed by atoms with Crippen molar-refractivity contribution in [2.75, 3.05) is 20.0 Å². The fourth-order valence-electron chi connectivity index (χ4n) is 0.728. The van der Waals surface area contributed by atoms with E-state index in [0.717, 1.165) is 0 Å². The molecule has 1 heterocycles. The minimum Gasteiger partial charge on any atom is -0.392 e. The van der Waals surface area contributed by atoms with Gasteiger partial charge in [0.2, 0.25) is 0 Å². The average Bonchev–Trinajstić information content (AvgIpc) is 2.59. The molecule has 0 bridgehead atoms. The maximum atomic E-state index is 5.48. The summed E-state index contributed by atoms with van der Waals surface area (Å²) in [5, 5.41) is 5.70. The van der Waals surface area contributed by atoms with Crippen LogP contribution in [0, 0.1) is 0 Å². The molecule has 0 radical (unpaired) electrons. The van der Waals surface area contributed by atoms with E-state index < -0.39 is 0 Å². The van der Waals surface area contributed by atoms with Crippen molar-refractivity contribution >= 4 is 28.0 Å². The van der Waals surface area contributed by atoms with E-state index in [9.17, 15) is 0 Å². The molecule has 1 aromatic rings. The summed E-state index contributed by atoms with van der Waals surface area (Å²) in [5.74, 6) is 2.57. The second-order valence-electron chi connectivity index (χ2n) is 2.14. The monoisotopic (exact) mass is 214 g/mol. The first-order valence-electron chi connectivity index (χ1n) is 3.64. The van der Waals surface area contributed by atoms with Crippen molar-refractivity contribution in [1.82, 2.24) is 10.5 Å². The van der Waals surface area contributed by atoms with Crippen molar-refractivity contribution in [3.05, 3.63) is 11.1 Å². The van der Waals surface area contributed by atoms with E-state index in [4.69, 9.17) is 10.6 Å². The quantitative estimate of drug-likeness (QED) is 0.561. The van der Waals surface area contributed by atoms with E-state index in [1.54, 1.807) is 5.38 Å². The number of thiazole rings is 1. The predicted octanol–water partition coefficient (Wildman–Crippen LogP) is 0.448. The zero-order valence-corrected chi connectivity index (χ0v) is 8.59. The van der Waals surface area contributed by atoms with E-state index in [1.807, 2.05) is 0 Å². The number of anilines is 1. The molecule has 6 nitrogen and oxygen atoms in total. The first kappa shape index (κ1) is 10.5. The lowest BCUT2D eigenvalue weighted by atomic mass is 10.4. The fourth-order valence-corrected chi connectivity index (χ4v) is 1.28. The Morgan fingerprint density at radius 1 is 1.71 bits per heavy atom. The van der Waals surface area contributed by atoms with Gasteiger partial charge >= 0.3 is 0 Å². The van der Waals surface area contributed by atoms with Crippen LogP contribution in [0.2, 0.25) is 0 Å². The Hall–Kier alpha value is -1.56. The van der Waals surface area contributed by atoms with Crippen LogP contribution in [0.3, 0.4) is 0 Å². The number of aromatic nitrogens is 1. The summed E-state index contributed by atoms with van der Waals surface area (Å²) in [7, 11) is 2.90. The van der Waals surface area contributed by atoms with Gasteiger partial charge in [0.05, 0.1) is 13.0 Å². The van der Waals surface area contributed by atoms with Gasteiger partial charge in [-0.15, -0.1) is 11.3 Å². The zero-order valence-electron chi connectivity index (χ0n) is 7.77. The molecule has 0 amide bonds. The average molecular weight is 214 g/mol. The molecule has 0 aliphatic rings. The number of nitrogens with one attached hydrogen (secondary N) is 1. The van der Waals surface area contributed by atoms with Gasteiger partial charge in [0.15, 0.2) is 10.8 Å². The zero-order chi connectivity index (χ0) is 10.4. The largest absolute Gasteiger partial charge is 0.392 e. The molecule has 76 valence electrons. The van der Waals surface area contributed by atoms with Crippen LogP contribution in [0.1, 0.15) is 5.69 Å². The standard InChI is InChI=1S/C7H10N4O2S/c1-12-9-3-5(11-13-2)6-4-14-7(8)10-6/h4,11H,1-2H3,(H2,8,10). The molecule has 7 heteroatoms. The third kappa shape index (κ3) is 2.74. The summed E-state index contributed by atoms with van der Waals surface area (Å²) >= 11 is 1.32. The van der Waals surface area contributed by atoms with Crippen molar-refractivity contribution < 1.29 is 9.68 Å². The SMILES string of the molecule is CON=C=C(NOC)c1csc(N)n1. The molecule has 1 rings (SSSR count). The highest BCUT2D eigenvalue weighted by Gasteiger charge is 2.05. The molecule has 14 heavy (non-hydrogen) atoms. The van der Waals surface area contributed by atoms with Crippen LogP contribution in [0.5, 0.6) is 0 Å². The van der Waals surface area contributed by atoms with Crippen molar-refractivity contribution in [3.8, 4) is 0 Å². The number of hydrogen-bond donors (Lipinski definition) is 2. The Morgan fingerprint density at radius 2 is 2.50 bits per heavy atom. The Morgan fingerprint density at radius 3 is 3.00 bits per heavy atom. The second-order valence-corrected chi connectivity index (χ2v) is 3.03. The second kappa shape index (κ2) is 5.23. The summed E-state index contributed by atoms with van der Waals surface area (Å²) in [6.45, 7) is 0. The lowest BCUT2D eigenvalue weighted by molar-refractivity contribution is 0.137. The van der Waals surface area contributed by atoms with Crippen LogP contribution >= 0.6 is 11.3 Å². The maximum Gasteiger partial charge on any atom is 0.180 e. The number of nitrogen functional groups attached to an aromatic ring is 1. The van der Waals surface area contributed by atoms with Crippen molar-refractivity contribution in [2.45, 2.75) is 0 Å². The first-order valence-corrected chi connectivity index (χ1v) is 4.52. The Labute approximate surface area is 85.0 Å². The molecule has 0 atom stereocenters. The summed E-state index contributed by atoms with van der Waals surface area (Å²) < 4.78 is 0. The maximum absolute atomic E-state index is 5.48. The smallest absolute Gasteiger partial charge is 0.180 e. The minimum atomic E-state index is 0.460. The molecule has 0 spiro atoms. The molecule has 0 fully saturated rings. The molecule has 0 unspecified atom stereocenters. The van der Waals surface area contributed by atoms with Gasteiger partial charge in [-0.05, 0) is 5.16 Å². The van der Waals surface area contributed by atoms with E-state index in [-0.39, 0.29) is 0 Å². The van der Waals surface area contributed by atoms with Gasteiger partial charge in [-0.25, -0.2) is 4.98 Å². The molecule has 0 saturated heterocycles. The topological polar surface area (TPSA) is 81.8 Å². The third-order valence-electron chi connectivity index (χ3n) is 1.23. The van der Waals surface area contributed by atoms with Gasteiger partial charge in [0, 0.05) is 5.38 Å². The summed E-state index contributed by atoms with van der Waals surface area (Å²) in [5.41, 5.74) is 9.11. The normalized spacial score (nSPS) is 9.00. The lowest BCUT2D eigenvalue weighted by Gasteiger charge is -2.00. The number of rotatable bonds is 4. The van der Waals surface area contributed by atoms with Gasteiger partial charge in [0.1, 0.15) is 12.8 Å². The summed E-state index contributed by atoms with van der Waals surface area (Å²) in [6, 6.07) is 0. The van der Waals surface area contributed by atoms with Crippen LogP contribution < -0.4 is 11.2 Å². The molecular weight excluding hydrogens is 204 g/mol. The minimum absolute atomic E-state index is 0.460. The predicted molar refractivity (Wildman–Crippen MR) is 54.5 cm³/mol. The van der Waals surface area contributed by atoms with Gasteiger partial charge < -0.3 is 10.6 Å². The van der Waals surface area contributed by atoms with Gasteiger partial charge in [-0.2, -0.15) is 0 Å². The number of hydroxylamine groups is 1. The Balaban J connectivity index is 2.94. The van der Waals surface area contributed by atoms with Crippen LogP contribution in [-0.4, -0.2) is 25.1 Å². The fraction of sp³-hybridized carbons (Fsp3) is 0.286. The first-order chi connectivity index (χ1) is 6.77. The van der Waals surface area contributed by atoms with E-state index >= 15 is 0 Å².